The Bertz CT molecular complexity index is 1730. The van der Waals surface area contributed by atoms with Crippen molar-refractivity contribution in [3.05, 3.63) is 73.1 Å². The summed E-state index contributed by atoms with van der Waals surface area (Å²) in [7, 11) is 0. The molecule has 0 radical (unpaired) electrons. The summed E-state index contributed by atoms with van der Waals surface area (Å²) >= 11 is 0. The maximum Gasteiger partial charge on any atom is 0.159 e. The highest BCUT2D eigenvalue weighted by atomic mass is 16.5. The van der Waals surface area contributed by atoms with Gasteiger partial charge in [0.25, 0.3) is 0 Å². The first-order chi connectivity index (χ1) is 18.2. The van der Waals surface area contributed by atoms with E-state index in [0.29, 0.717) is 0 Å². The number of pyridine rings is 1. The largest absolute Gasteiger partial charge is 0.457 e. The summed E-state index contributed by atoms with van der Waals surface area (Å²) < 4.78 is 6.20. The number of piperazine rings is 1. The molecule has 1 aliphatic rings. The molecule has 8 heteroatoms. The van der Waals surface area contributed by atoms with E-state index in [1.807, 2.05) is 48.7 Å². The first-order valence-electron chi connectivity index (χ1n) is 12.7. The fourth-order valence-corrected chi connectivity index (χ4v) is 5.13. The zero-order valence-electron chi connectivity index (χ0n) is 20.6. The van der Waals surface area contributed by atoms with Crippen LogP contribution in [-0.2, 0) is 0 Å². The lowest BCUT2D eigenvalue weighted by Gasteiger charge is -2.35. The van der Waals surface area contributed by atoms with Gasteiger partial charge >= 0.3 is 0 Å². The number of anilines is 1. The van der Waals surface area contributed by atoms with Gasteiger partial charge in [0.1, 0.15) is 17.2 Å². The van der Waals surface area contributed by atoms with Gasteiger partial charge in [0.15, 0.2) is 5.82 Å². The third-order valence-corrected chi connectivity index (χ3v) is 7.26. The van der Waals surface area contributed by atoms with Crippen LogP contribution in [0.15, 0.2) is 73.1 Å². The standard InChI is InChI=1S/C29H27N7O/c1-2-35-11-13-36(14-12-35)21-4-7-26-27(16-21)32-29(31-26)28-24-17-23(6-8-25(24)33-34-28)37-22-5-3-19-9-10-30-18-20(19)15-22/h3-10,15-18H,2,11-14H2,1H3,(H,31,32)(H,33,34). The number of hydrogen-bond acceptors (Lipinski definition) is 6. The molecule has 1 aliphatic heterocycles. The molecule has 0 atom stereocenters. The molecule has 0 aliphatic carbocycles. The van der Waals surface area contributed by atoms with Gasteiger partial charge in [-0.05, 0) is 66.5 Å². The molecular formula is C29H27N7O. The van der Waals surface area contributed by atoms with Gasteiger partial charge in [-0.25, -0.2) is 4.98 Å². The number of benzene rings is 3. The van der Waals surface area contributed by atoms with Crippen LogP contribution in [0.1, 0.15) is 6.92 Å². The zero-order valence-corrected chi connectivity index (χ0v) is 20.6. The lowest BCUT2D eigenvalue weighted by atomic mass is 10.1. The van der Waals surface area contributed by atoms with E-state index in [1.165, 1.54) is 5.69 Å². The zero-order chi connectivity index (χ0) is 24.8. The van der Waals surface area contributed by atoms with Gasteiger partial charge in [-0.15, -0.1) is 0 Å². The molecule has 6 aromatic rings. The van der Waals surface area contributed by atoms with Gasteiger partial charge in [0, 0.05) is 55.0 Å². The van der Waals surface area contributed by atoms with E-state index in [2.05, 4.69) is 55.1 Å². The Balaban J connectivity index is 1.18. The number of aromatic amines is 2. The van der Waals surface area contributed by atoms with E-state index >= 15 is 0 Å². The molecular weight excluding hydrogens is 462 g/mol. The highest BCUT2D eigenvalue weighted by Gasteiger charge is 2.18. The van der Waals surface area contributed by atoms with E-state index in [1.54, 1.807) is 6.20 Å². The third-order valence-electron chi connectivity index (χ3n) is 7.26. The van der Waals surface area contributed by atoms with Crippen molar-refractivity contribution in [1.29, 1.82) is 0 Å². The van der Waals surface area contributed by atoms with Crippen LogP contribution in [0.2, 0.25) is 0 Å². The predicted molar refractivity (Wildman–Crippen MR) is 147 cm³/mol. The van der Waals surface area contributed by atoms with Crippen LogP contribution in [0.3, 0.4) is 0 Å². The average molecular weight is 490 g/mol. The highest BCUT2D eigenvalue weighted by molar-refractivity contribution is 5.94. The van der Waals surface area contributed by atoms with Crippen LogP contribution in [0.5, 0.6) is 11.5 Å². The fourth-order valence-electron chi connectivity index (χ4n) is 5.13. The van der Waals surface area contributed by atoms with E-state index < -0.39 is 0 Å². The van der Waals surface area contributed by atoms with Crippen molar-refractivity contribution < 1.29 is 4.74 Å². The number of hydrogen-bond donors (Lipinski definition) is 2. The van der Waals surface area contributed by atoms with Gasteiger partial charge in [-0.1, -0.05) is 13.0 Å². The van der Waals surface area contributed by atoms with E-state index in [-0.39, 0.29) is 0 Å². The number of imidazole rings is 1. The van der Waals surface area contributed by atoms with Crippen LogP contribution in [0.25, 0.3) is 44.2 Å². The number of nitrogens with one attached hydrogen (secondary N) is 2. The minimum Gasteiger partial charge on any atom is -0.457 e. The monoisotopic (exact) mass is 489 g/mol. The molecule has 184 valence electrons. The molecule has 0 unspecified atom stereocenters. The summed E-state index contributed by atoms with van der Waals surface area (Å²) in [6, 6.07) is 20.4. The number of H-pyrrole nitrogens is 2. The summed E-state index contributed by atoms with van der Waals surface area (Å²) in [4.78, 5) is 17.5. The first-order valence-corrected chi connectivity index (χ1v) is 12.7. The maximum atomic E-state index is 6.20. The summed E-state index contributed by atoms with van der Waals surface area (Å²) in [5.41, 5.74) is 4.88. The van der Waals surface area contributed by atoms with Gasteiger partial charge in [-0.2, -0.15) is 5.10 Å². The Morgan fingerprint density at radius 2 is 1.73 bits per heavy atom. The fraction of sp³-hybridized carbons (Fsp3) is 0.207. The van der Waals surface area contributed by atoms with Crippen LogP contribution in [0, 0.1) is 0 Å². The van der Waals surface area contributed by atoms with Gasteiger partial charge in [0.2, 0.25) is 0 Å². The summed E-state index contributed by atoms with van der Waals surface area (Å²) in [6.07, 6.45) is 3.64. The molecule has 2 N–H and O–H groups in total. The lowest BCUT2D eigenvalue weighted by Crippen LogP contribution is -2.46. The molecule has 1 saturated heterocycles. The molecule has 3 aromatic heterocycles. The predicted octanol–water partition coefficient (Wildman–Crippen LogP) is 5.59. The second kappa shape index (κ2) is 8.90. The smallest absolute Gasteiger partial charge is 0.159 e. The third kappa shape index (κ3) is 4.05. The molecule has 0 amide bonds. The minimum absolute atomic E-state index is 0.739. The summed E-state index contributed by atoms with van der Waals surface area (Å²) in [5.74, 6) is 2.24. The first kappa shape index (κ1) is 21.8. The van der Waals surface area contributed by atoms with Crippen molar-refractivity contribution in [2.45, 2.75) is 6.92 Å². The molecule has 0 bridgehead atoms. The Hall–Kier alpha value is -4.43. The molecule has 3 aromatic carbocycles. The van der Waals surface area contributed by atoms with Crippen molar-refractivity contribution in [1.82, 2.24) is 30.0 Å². The molecule has 0 saturated carbocycles. The second-order valence-electron chi connectivity index (χ2n) is 9.47. The number of aromatic nitrogens is 5. The number of fused-ring (bicyclic) bond motifs is 3. The summed E-state index contributed by atoms with van der Waals surface area (Å²) in [6.45, 7) is 7.62. The minimum atomic E-state index is 0.739. The Morgan fingerprint density at radius 1 is 0.865 bits per heavy atom. The SMILES string of the molecule is CCN1CCN(c2ccc3nc(-c4n[nH]c5ccc(Oc6ccc7ccncc7c6)cc45)[nH]c3c2)CC1. The van der Waals surface area contributed by atoms with Crippen LogP contribution in [-0.4, -0.2) is 62.8 Å². The lowest BCUT2D eigenvalue weighted by molar-refractivity contribution is 0.271. The van der Waals surface area contributed by atoms with Crippen molar-refractivity contribution in [3.63, 3.8) is 0 Å². The Morgan fingerprint density at radius 3 is 2.62 bits per heavy atom. The molecule has 4 heterocycles. The van der Waals surface area contributed by atoms with Crippen molar-refractivity contribution in [2.75, 3.05) is 37.6 Å². The Labute approximate surface area is 213 Å². The summed E-state index contributed by atoms with van der Waals surface area (Å²) in [5, 5.41) is 10.8. The number of nitrogens with zero attached hydrogens (tertiary/aromatic N) is 5. The molecule has 0 spiro atoms. The Kier molecular flexibility index (Phi) is 5.25. The maximum absolute atomic E-state index is 6.20. The van der Waals surface area contributed by atoms with Crippen molar-refractivity contribution >= 4 is 38.4 Å². The van der Waals surface area contributed by atoms with E-state index in [9.17, 15) is 0 Å². The van der Waals surface area contributed by atoms with E-state index in [4.69, 9.17) is 9.72 Å². The quantitative estimate of drug-likeness (QED) is 0.328. The number of likely N-dealkylation sites (N-methyl/N-ethyl adjacent to an activating group) is 1. The molecule has 7 rings (SSSR count). The van der Waals surface area contributed by atoms with Gasteiger partial charge in [0.05, 0.1) is 16.6 Å². The van der Waals surface area contributed by atoms with Gasteiger partial charge < -0.3 is 19.5 Å². The van der Waals surface area contributed by atoms with Crippen LogP contribution >= 0.6 is 0 Å². The number of rotatable bonds is 5. The van der Waals surface area contributed by atoms with E-state index in [0.717, 1.165) is 88.4 Å². The topological polar surface area (TPSA) is 86.0 Å². The highest BCUT2D eigenvalue weighted by Crippen LogP contribution is 2.32. The van der Waals surface area contributed by atoms with Crippen molar-refractivity contribution in [3.8, 4) is 23.0 Å². The number of ether oxygens (including phenoxy) is 1. The molecule has 8 nitrogen and oxygen atoms in total. The molecule has 37 heavy (non-hydrogen) atoms. The van der Waals surface area contributed by atoms with Crippen molar-refractivity contribution in [2.24, 2.45) is 0 Å². The van der Waals surface area contributed by atoms with Gasteiger partial charge in [-0.3, -0.25) is 10.1 Å². The normalized spacial score (nSPS) is 14.7. The molecule has 1 fully saturated rings. The second-order valence-corrected chi connectivity index (χ2v) is 9.47. The van der Waals surface area contributed by atoms with Crippen LogP contribution < -0.4 is 9.64 Å². The van der Waals surface area contributed by atoms with Crippen LogP contribution in [0.4, 0.5) is 5.69 Å². The average Bonchev–Trinajstić information content (AvgIpc) is 3.56.